The normalized spacial score (nSPS) is 12.6. The minimum absolute atomic E-state index is 0.0356. The zero-order valence-electron chi connectivity index (χ0n) is 11.9. The van der Waals surface area contributed by atoms with Gasteiger partial charge in [0.2, 0.25) is 20.0 Å². The molecule has 0 saturated carbocycles. The third-order valence-corrected chi connectivity index (χ3v) is 6.13. The average Bonchev–Trinajstić information content (AvgIpc) is 2.38. The van der Waals surface area contributed by atoms with Crippen LogP contribution in [0, 0.1) is 0 Å². The summed E-state index contributed by atoms with van der Waals surface area (Å²) in [6.07, 6.45) is 1.06. The van der Waals surface area contributed by atoms with E-state index in [1.807, 2.05) is 0 Å². The molecule has 0 saturated heterocycles. The van der Waals surface area contributed by atoms with E-state index in [1.54, 1.807) is 0 Å². The van der Waals surface area contributed by atoms with Crippen LogP contribution in [0.5, 0.6) is 0 Å². The van der Waals surface area contributed by atoms with E-state index >= 15 is 0 Å². The van der Waals surface area contributed by atoms with Gasteiger partial charge in [0.15, 0.2) is 0 Å². The Bertz CT molecular complexity index is 672. The summed E-state index contributed by atoms with van der Waals surface area (Å²) in [5.74, 6) is 0.358. The molecule has 0 radical (unpaired) electrons. The van der Waals surface area contributed by atoms with Crippen LogP contribution in [0.2, 0.25) is 0 Å². The summed E-state index contributed by atoms with van der Waals surface area (Å²) in [6.45, 7) is 0. The highest BCUT2D eigenvalue weighted by Gasteiger charge is 2.18. The Kier molecular flexibility index (Phi) is 6.45. The van der Waals surface area contributed by atoms with Crippen molar-refractivity contribution >= 4 is 37.3 Å². The van der Waals surface area contributed by atoms with Crippen molar-refractivity contribution < 1.29 is 16.8 Å². The van der Waals surface area contributed by atoms with Crippen LogP contribution in [0.25, 0.3) is 0 Å². The summed E-state index contributed by atoms with van der Waals surface area (Å²) >= 11 is 5.50. The summed E-state index contributed by atoms with van der Waals surface area (Å²) in [7, 11) is -4.27. The Morgan fingerprint density at radius 1 is 1.14 bits per heavy atom. The van der Waals surface area contributed by atoms with Crippen molar-refractivity contribution in [1.82, 2.24) is 4.31 Å². The van der Waals surface area contributed by atoms with Crippen LogP contribution in [0.3, 0.4) is 0 Å². The SMILES string of the molecule is CN(C)S(=O)(=O)c1cccc(NS(=O)(=O)CCCCCl)c1. The number of nitrogens with one attached hydrogen (secondary N) is 1. The van der Waals surface area contributed by atoms with Crippen molar-refractivity contribution in [1.29, 1.82) is 0 Å². The van der Waals surface area contributed by atoms with E-state index in [-0.39, 0.29) is 16.3 Å². The molecule has 0 bridgehead atoms. The van der Waals surface area contributed by atoms with Gasteiger partial charge < -0.3 is 0 Å². The van der Waals surface area contributed by atoms with Gasteiger partial charge in [-0.1, -0.05) is 6.07 Å². The number of hydrogen-bond acceptors (Lipinski definition) is 4. The number of sulfonamides is 2. The van der Waals surface area contributed by atoms with Gasteiger partial charge in [0, 0.05) is 25.7 Å². The molecule has 21 heavy (non-hydrogen) atoms. The molecular weight excluding hydrogens is 336 g/mol. The fourth-order valence-corrected chi connectivity index (χ4v) is 3.86. The van der Waals surface area contributed by atoms with Gasteiger partial charge in [-0.2, -0.15) is 0 Å². The Morgan fingerprint density at radius 3 is 2.38 bits per heavy atom. The first-order chi connectivity index (χ1) is 9.69. The fourth-order valence-electron chi connectivity index (χ4n) is 1.55. The highest BCUT2D eigenvalue weighted by Crippen LogP contribution is 2.19. The van der Waals surface area contributed by atoms with E-state index in [0.717, 1.165) is 4.31 Å². The number of unbranched alkanes of at least 4 members (excludes halogenated alkanes) is 1. The standard InChI is InChI=1S/C12H19ClN2O4S2/c1-15(2)21(18,19)12-7-5-6-11(10-12)14-20(16,17)9-4-3-8-13/h5-7,10,14H,3-4,8-9H2,1-2H3. The van der Waals surface area contributed by atoms with Crippen molar-refractivity contribution in [2.45, 2.75) is 17.7 Å². The maximum Gasteiger partial charge on any atom is 0.242 e. The molecule has 0 aliphatic carbocycles. The molecular formula is C12H19ClN2O4S2. The zero-order chi connectivity index (χ0) is 16.1. The number of hydrogen-bond donors (Lipinski definition) is 1. The van der Waals surface area contributed by atoms with E-state index < -0.39 is 20.0 Å². The molecule has 0 spiro atoms. The van der Waals surface area contributed by atoms with Gasteiger partial charge in [-0.3, -0.25) is 4.72 Å². The predicted molar refractivity (Wildman–Crippen MR) is 84.7 cm³/mol. The number of rotatable bonds is 8. The summed E-state index contributed by atoms with van der Waals surface area (Å²) in [4.78, 5) is 0.0356. The number of nitrogens with zero attached hydrogens (tertiary/aromatic N) is 1. The number of anilines is 1. The smallest absolute Gasteiger partial charge is 0.242 e. The molecule has 120 valence electrons. The minimum Gasteiger partial charge on any atom is -0.284 e. The third kappa shape index (κ3) is 5.46. The second kappa shape index (κ2) is 7.44. The van der Waals surface area contributed by atoms with Crippen molar-refractivity contribution in [3.63, 3.8) is 0 Å². The van der Waals surface area contributed by atoms with Crippen LogP contribution in [0.4, 0.5) is 5.69 Å². The molecule has 0 unspecified atom stereocenters. The molecule has 9 heteroatoms. The second-order valence-electron chi connectivity index (χ2n) is 4.63. The molecule has 6 nitrogen and oxygen atoms in total. The van der Waals surface area contributed by atoms with Crippen LogP contribution in [-0.2, 0) is 20.0 Å². The third-order valence-electron chi connectivity index (χ3n) is 2.68. The molecule has 1 N–H and O–H groups in total. The van der Waals surface area contributed by atoms with Gasteiger partial charge in [-0.15, -0.1) is 11.6 Å². The molecule has 0 aromatic heterocycles. The maximum atomic E-state index is 12.0. The lowest BCUT2D eigenvalue weighted by Gasteiger charge is -2.13. The van der Waals surface area contributed by atoms with Gasteiger partial charge in [0.05, 0.1) is 10.6 Å². The van der Waals surface area contributed by atoms with E-state index in [4.69, 9.17) is 11.6 Å². The number of alkyl halides is 1. The van der Waals surface area contributed by atoms with E-state index in [1.165, 1.54) is 38.4 Å². The fraction of sp³-hybridized carbons (Fsp3) is 0.500. The maximum absolute atomic E-state index is 12.0. The first-order valence-corrected chi connectivity index (χ1v) is 9.91. The minimum atomic E-state index is -3.59. The van der Waals surface area contributed by atoms with E-state index in [0.29, 0.717) is 18.7 Å². The van der Waals surface area contributed by atoms with Gasteiger partial charge in [-0.05, 0) is 31.0 Å². The molecule has 1 rings (SSSR count). The first-order valence-electron chi connectivity index (χ1n) is 6.28. The van der Waals surface area contributed by atoms with Crippen LogP contribution in [0.15, 0.2) is 29.2 Å². The summed E-state index contributed by atoms with van der Waals surface area (Å²) in [5, 5.41) is 0. The van der Waals surface area contributed by atoms with Gasteiger partial charge in [0.25, 0.3) is 0 Å². The Labute approximate surface area is 131 Å². The molecule has 0 aliphatic rings. The molecule has 0 amide bonds. The Morgan fingerprint density at radius 2 is 1.81 bits per heavy atom. The zero-order valence-corrected chi connectivity index (χ0v) is 14.3. The Hall–Kier alpha value is -0.830. The highest BCUT2D eigenvalue weighted by molar-refractivity contribution is 7.92. The monoisotopic (exact) mass is 354 g/mol. The largest absolute Gasteiger partial charge is 0.284 e. The van der Waals surface area contributed by atoms with Crippen LogP contribution < -0.4 is 4.72 Å². The van der Waals surface area contributed by atoms with E-state index in [9.17, 15) is 16.8 Å². The molecule has 0 aliphatic heterocycles. The van der Waals surface area contributed by atoms with Crippen molar-refractivity contribution in [3.05, 3.63) is 24.3 Å². The highest BCUT2D eigenvalue weighted by atomic mass is 35.5. The van der Waals surface area contributed by atoms with Gasteiger partial charge in [-0.25, -0.2) is 21.1 Å². The Balaban J connectivity index is 2.92. The molecule has 0 fully saturated rings. The van der Waals surface area contributed by atoms with Crippen LogP contribution in [0.1, 0.15) is 12.8 Å². The molecule has 0 heterocycles. The number of halogens is 1. The lowest BCUT2D eigenvalue weighted by Crippen LogP contribution is -2.22. The van der Waals surface area contributed by atoms with Crippen molar-refractivity contribution in [2.24, 2.45) is 0 Å². The summed E-state index contributed by atoms with van der Waals surface area (Å²) in [6, 6.07) is 5.72. The van der Waals surface area contributed by atoms with Gasteiger partial charge >= 0.3 is 0 Å². The topological polar surface area (TPSA) is 83.6 Å². The quantitative estimate of drug-likeness (QED) is 0.569. The lowest BCUT2D eigenvalue weighted by atomic mass is 10.3. The lowest BCUT2D eigenvalue weighted by molar-refractivity contribution is 0.520. The summed E-state index contributed by atoms with van der Waals surface area (Å²) in [5.41, 5.74) is 0.226. The van der Waals surface area contributed by atoms with Crippen molar-refractivity contribution in [2.75, 3.05) is 30.5 Å². The van der Waals surface area contributed by atoms with Crippen molar-refractivity contribution in [3.8, 4) is 0 Å². The van der Waals surface area contributed by atoms with E-state index in [2.05, 4.69) is 4.72 Å². The first kappa shape index (κ1) is 18.2. The van der Waals surface area contributed by atoms with Crippen LogP contribution in [-0.4, -0.2) is 46.9 Å². The molecule has 1 aromatic rings. The predicted octanol–water partition coefficient (Wildman–Crippen LogP) is 1.70. The second-order valence-corrected chi connectivity index (χ2v) is 9.00. The van der Waals surface area contributed by atoms with Crippen LogP contribution >= 0.6 is 11.6 Å². The molecule has 0 atom stereocenters. The average molecular weight is 355 g/mol. The van der Waals surface area contributed by atoms with Gasteiger partial charge in [0.1, 0.15) is 0 Å². The molecule has 1 aromatic carbocycles. The number of benzene rings is 1. The summed E-state index contributed by atoms with van der Waals surface area (Å²) < 4.78 is 51.1.